The summed E-state index contributed by atoms with van der Waals surface area (Å²) in [6, 6.07) is 4.30. The predicted octanol–water partition coefficient (Wildman–Crippen LogP) is 4.36. The molecule has 0 atom stereocenters. The molecule has 122 valence electrons. The molecule has 0 aliphatic rings. The number of benzene rings is 1. The number of amides is 1. The first-order valence-electron chi connectivity index (χ1n) is 7.72. The highest BCUT2D eigenvalue weighted by molar-refractivity contribution is 5.74. The minimum absolute atomic E-state index is 0.0354. The number of rotatable bonds is 3. The van der Waals surface area contributed by atoms with Crippen LogP contribution in [0.5, 0.6) is 0 Å². The number of anilines is 1. The molecular formula is C19H30N2O. The first kappa shape index (κ1) is 18.3. The number of carbonyl (C=O) groups is 1. The predicted molar refractivity (Wildman–Crippen MR) is 95.7 cm³/mol. The molecule has 0 saturated carbocycles. The lowest BCUT2D eigenvalue weighted by Crippen LogP contribution is -2.21. The lowest BCUT2D eigenvalue weighted by Gasteiger charge is -2.29. The third-order valence-corrected chi connectivity index (χ3v) is 4.07. The molecule has 0 aliphatic carbocycles. The van der Waals surface area contributed by atoms with Gasteiger partial charge in [0.2, 0.25) is 6.41 Å². The van der Waals surface area contributed by atoms with Crippen molar-refractivity contribution >= 4 is 17.7 Å². The maximum atomic E-state index is 10.7. The molecular weight excluding hydrogens is 272 g/mol. The fourth-order valence-electron chi connectivity index (χ4n) is 2.52. The van der Waals surface area contributed by atoms with E-state index in [-0.39, 0.29) is 10.8 Å². The van der Waals surface area contributed by atoms with Crippen LogP contribution in [0.2, 0.25) is 0 Å². The Kier molecular flexibility index (Phi) is 5.11. The van der Waals surface area contributed by atoms with E-state index in [9.17, 15) is 4.79 Å². The van der Waals surface area contributed by atoms with E-state index in [0.29, 0.717) is 6.41 Å². The van der Waals surface area contributed by atoms with E-state index in [4.69, 9.17) is 5.73 Å². The number of nitrogens with one attached hydrogen (secondary N) is 1. The monoisotopic (exact) mass is 302 g/mol. The molecule has 0 unspecified atom stereocenters. The number of nitrogen functional groups attached to an aromatic ring is 1. The third kappa shape index (κ3) is 3.90. The van der Waals surface area contributed by atoms with Crippen LogP contribution in [0.25, 0.3) is 5.57 Å². The van der Waals surface area contributed by atoms with Gasteiger partial charge in [0.15, 0.2) is 0 Å². The van der Waals surface area contributed by atoms with Gasteiger partial charge in [-0.1, -0.05) is 41.5 Å². The molecule has 3 heteroatoms. The molecule has 22 heavy (non-hydrogen) atoms. The summed E-state index contributed by atoms with van der Waals surface area (Å²) in [5.41, 5.74) is 12.6. The zero-order chi connectivity index (χ0) is 17.3. The number of carbonyl (C=O) groups excluding carboxylic acids is 1. The highest BCUT2D eigenvalue weighted by Crippen LogP contribution is 2.38. The minimum atomic E-state index is -0.0354. The number of nitrogens with two attached hydrogens (primary N) is 1. The molecule has 1 aromatic carbocycles. The maximum Gasteiger partial charge on any atom is 0.211 e. The van der Waals surface area contributed by atoms with E-state index >= 15 is 0 Å². The normalized spacial score (nSPS) is 13.6. The molecule has 0 radical (unpaired) electrons. The van der Waals surface area contributed by atoms with Crippen LogP contribution >= 0.6 is 0 Å². The molecule has 0 fully saturated rings. The van der Waals surface area contributed by atoms with Crippen LogP contribution < -0.4 is 11.1 Å². The molecule has 1 aromatic rings. The lowest BCUT2D eigenvalue weighted by molar-refractivity contribution is -0.108. The van der Waals surface area contributed by atoms with Crippen LogP contribution in [0.4, 0.5) is 5.69 Å². The van der Waals surface area contributed by atoms with Gasteiger partial charge < -0.3 is 11.1 Å². The molecule has 3 nitrogen and oxygen atoms in total. The van der Waals surface area contributed by atoms with Gasteiger partial charge in [0.1, 0.15) is 0 Å². The number of allylic oxidation sites excluding steroid dienone is 2. The topological polar surface area (TPSA) is 55.1 Å². The van der Waals surface area contributed by atoms with Gasteiger partial charge in [-0.25, -0.2) is 0 Å². The molecule has 0 bridgehead atoms. The second kappa shape index (κ2) is 6.15. The molecule has 1 rings (SSSR count). The standard InChI is InChI=1S/C19H30N2O/c1-12(13(2)21-11-22)14-9-15(18(3,4)5)17(20)16(10-14)19(6,7)8/h9-11H,20H2,1-8H3,(H,21,22)/b13-12+. The van der Waals surface area contributed by atoms with E-state index in [0.717, 1.165) is 33.6 Å². The summed E-state index contributed by atoms with van der Waals surface area (Å²) in [4.78, 5) is 10.7. The van der Waals surface area contributed by atoms with E-state index in [1.165, 1.54) is 0 Å². The van der Waals surface area contributed by atoms with Crippen molar-refractivity contribution in [2.45, 2.75) is 66.2 Å². The molecule has 0 aliphatic heterocycles. The highest BCUT2D eigenvalue weighted by atomic mass is 16.1. The highest BCUT2D eigenvalue weighted by Gasteiger charge is 2.25. The summed E-state index contributed by atoms with van der Waals surface area (Å²) in [5, 5.41) is 2.74. The van der Waals surface area contributed by atoms with Gasteiger partial charge in [-0.2, -0.15) is 0 Å². The lowest BCUT2D eigenvalue weighted by atomic mass is 9.77. The van der Waals surface area contributed by atoms with Crippen molar-refractivity contribution in [3.63, 3.8) is 0 Å². The van der Waals surface area contributed by atoms with Crippen molar-refractivity contribution < 1.29 is 4.79 Å². The Bertz CT molecular complexity index is 564. The van der Waals surface area contributed by atoms with Gasteiger partial charge >= 0.3 is 0 Å². The first-order chi connectivity index (χ1) is 9.89. The molecule has 3 N–H and O–H groups in total. The Morgan fingerprint density at radius 2 is 1.41 bits per heavy atom. The van der Waals surface area contributed by atoms with Crippen molar-refractivity contribution in [2.75, 3.05) is 5.73 Å². The largest absolute Gasteiger partial charge is 0.398 e. The smallest absolute Gasteiger partial charge is 0.211 e. The van der Waals surface area contributed by atoms with Crippen LogP contribution in [0.3, 0.4) is 0 Å². The second-order valence-corrected chi connectivity index (χ2v) is 8.00. The summed E-state index contributed by atoms with van der Waals surface area (Å²) in [6.07, 6.45) is 0.714. The van der Waals surface area contributed by atoms with Crippen molar-refractivity contribution in [3.8, 4) is 0 Å². The van der Waals surface area contributed by atoms with E-state index < -0.39 is 0 Å². The van der Waals surface area contributed by atoms with E-state index in [1.54, 1.807) is 0 Å². The molecule has 1 amide bonds. The summed E-state index contributed by atoms with van der Waals surface area (Å²) >= 11 is 0. The van der Waals surface area contributed by atoms with Crippen LogP contribution in [-0.4, -0.2) is 6.41 Å². The van der Waals surface area contributed by atoms with Gasteiger partial charge in [0, 0.05) is 11.4 Å². The van der Waals surface area contributed by atoms with Gasteiger partial charge in [-0.05, 0) is 59.1 Å². The number of hydrogen-bond acceptors (Lipinski definition) is 2. The third-order valence-electron chi connectivity index (χ3n) is 4.07. The van der Waals surface area contributed by atoms with Crippen molar-refractivity contribution in [3.05, 3.63) is 34.5 Å². The van der Waals surface area contributed by atoms with E-state index in [1.807, 2.05) is 13.8 Å². The Hall–Kier alpha value is -1.77. The summed E-state index contributed by atoms with van der Waals surface area (Å²) in [7, 11) is 0. The van der Waals surface area contributed by atoms with Gasteiger partial charge in [-0.3, -0.25) is 4.79 Å². The summed E-state index contributed by atoms with van der Waals surface area (Å²) in [6.45, 7) is 17.0. The van der Waals surface area contributed by atoms with Crippen molar-refractivity contribution in [2.24, 2.45) is 0 Å². The molecule has 0 saturated heterocycles. The Labute approximate surface area is 135 Å². The summed E-state index contributed by atoms with van der Waals surface area (Å²) in [5.74, 6) is 0. The van der Waals surface area contributed by atoms with Gasteiger partial charge in [-0.15, -0.1) is 0 Å². The van der Waals surface area contributed by atoms with Gasteiger partial charge in [0.25, 0.3) is 0 Å². The van der Waals surface area contributed by atoms with Crippen molar-refractivity contribution in [1.29, 1.82) is 0 Å². The molecule has 0 aromatic heterocycles. The fourth-order valence-corrected chi connectivity index (χ4v) is 2.52. The minimum Gasteiger partial charge on any atom is -0.398 e. The SMILES string of the molecule is C/C(NC=O)=C(/C)c1cc(C(C)(C)C)c(N)c(C(C)(C)C)c1. The fraction of sp³-hybridized carbons (Fsp3) is 0.526. The van der Waals surface area contributed by atoms with Crippen molar-refractivity contribution in [1.82, 2.24) is 5.32 Å². The summed E-state index contributed by atoms with van der Waals surface area (Å²) < 4.78 is 0. The Morgan fingerprint density at radius 3 is 1.73 bits per heavy atom. The van der Waals surface area contributed by atoms with Crippen LogP contribution in [0.1, 0.15) is 72.1 Å². The molecule has 0 spiro atoms. The van der Waals surface area contributed by atoms with E-state index in [2.05, 4.69) is 59.0 Å². The second-order valence-electron chi connectivity index (χ2n) is 8.00. The van der Waals surface area contributed by atoms with Crippen LogP contribution in [0, 0.1) is 0 Å². The molecule has 0 heterocycles. The Balaban J connectivity index is 3.69. The Morgan fingerprint density at radius 1 is 1.00 bits per heavy atom. The zero-order valence-corrected chi connectivity index (χ0v) is 15.2. The van der Waals surface area contributed by atoms with Crippen LogP contribution in [0.15, 0.2) is 17.8 Å². The maximum absolute atomic E-state index is 10.7. The van der Waals surface area contributed by atoms with Crippen LogP contribution in [-0.2, 0) is 15.6 Å². The average molecular weight is 302 g/mol. The average Bonchev–Trinajstić information content (AvgIpc) is 2.35. The zero-order valence-electron chi connectivity index (χ0n) is 15.2. The number of hydrogen-bond donors (Lipinski definition) is 2. The quantitative estimate of drug-likeness (QED) is 0.644. The first-order valence-corrected chi connectivity index (χ1v) is 7.72. The van der Waals surface area contributed by atoms with Gasteiger partial charge in [0.05, 0.1) is 0 Å².